The highest BCUT2D eigenvalue weighted by Gasteiger charge is 2.14. The second kappa shape index (κ2) is 7.85. The van der Waals surface area contributed by atoms with E-state index in [-0.39, 0.29) is 5.91 Å². The second-order valence-corrected chi connectivity index (χ2v) is 7.71. The van der Waals surface area contributed by atoms with E-state index in [4.69, 9.17) is 4.74 Å². The van der Waals surface area contributed by atoms with Crippen molar-refractivity contribution in [2.75, 3.05) is 11.9 Å². The maximum Gasteiger partial charge on any atom is 0.278 e. The molecule has 2 aromatic carbocycles. The third-order valence-electron chi connectivity index (χ3n) is 5.45. The average molecular weight is 425 g/mol. The van der Waals surface area contributed by atoms with Crippen LogP contribution in [0.25, 0.3) is 27.8 Å². The minimum absolute atomic E-state index is 0.311. The number of carbonyl (C=O) groups is 1. The molecule has 7 nitrogen and oxygen atoms in total. The molecule has 3 heterocycles. The fourth-order valence-corrected chi connectivity index (χ4v) is 3.82. The summed E-state index contributed by atoms with van der Waals surface area (Å²) in [5.74, 6) is 0.970. The second-order valence-electron chi connectivity index (χ2n) is 7.71. The Balaban J connectivity index is 1.40. The summed E-state index contributed by atoms with van der Waals surface area (Å²) in [6.07, 6.45) is 1.73. The number of hydrogen-bond acceptors (Lipinski definition) is 4. The average Bonchev–Trinajstić information content (AvgIpc) is 3.39. The number of nitrogens with zero attached hydrogens (tertiary/aromatic N) is 3. The fraction of sp³-hybridized carbons (Fsp3) is 0.160. The number of ether oxygens (including phenoxy) is 1. The third-order valence-corrected chi connectivity index (χ3v) is 5.45. The summed E-state index contributed by atoms with van der Waals surface area (Å²) in [6, 6.07) is 17.9. The number of imidazole rings is 2. The maximum atomic E-state index is 12.7. The highest BCUT2D eigenvalue weighted by molar-refractivity contribution is 6.03. The topological polar surface area (TPSA) is 84.3 Å². The number of nitrogens with one attached hydrogen (secondary N) is 2. The molecule has 0 radical (unpaired) electrons. The van der Waals surface area contributed by atoms with E-state index in [1.54, 1.807) is 6.20 Å². The van der Waals surface area contributed by atoms with Gasteiger partial charge in [0.05, 0.1) is 17.6 Å². The van der Waals surface area contributed by atoms with Gasteiger partial charge < -0.3 is 14.1 Å². The smallest absolute Gasteiger partial charge is 0.278 e. The van der Waals surface area contributed by atoms with Crippen molar-refractivity contribution >= 4 is 28.5 Å². The molecule has 0 saturated heterocycles. The number of aromatic nitrogens is 4. The van der Waals surface area contributed by atoms with Gasteiger partial charge in [-0.05, 0) is 73.9 Å². The lowest BCUT2D eigenvalue weighted by Gasteiger charge is -2.09. The lowest BCUT2D eigenvalue weighted by atomic mass is 10.0. The van der Waals surface area contributed by atoms with Crippen molar-refractivity contribution in [3.05, 3.63) is 77.7 Å². The Bertz CT molecular complexity index is 1460. The zero-order valence-electron chi connectivity index (χ0n) is 18.1. The van der Waals surface area contributed by atoms with Crippen LogP contribution in [-0.2, 0) is 0 Å². The van der Waals surface area contributed by atoms with Crippen LogP contribution in [0.3, 0.4) is 0 Å². The number of amides is 1. The molecule has 3 aromatic heterocycles. The molecule has 0 aliphatic rings. The van der Waals surface area contributed by atoms with Crippen LogP contribution in [-0.4, -0.2) is 31.9 Å². The van der Waals surface area contributed by atoms with Crippen molar-refractivity contribution in [3.63, 3.8) is 0 Å². The van der Waals surface area contributed by atoms with Crippen LogP contribution in [0, 0.1) is 13.8 Å². The van der Waals surface area contributed by atoms with Gasteiger partial charge in [-0.1, -0.05) is 18.2 Å². The molecule has 0 fully saturated rings. The van der Waals surface area contributed by atoms with Crippen LogP contribution < -0.4 is 10.1 Å². The molecule has 5 aromatic rings. The molecule has 0 atom stereocenters. The molecule has 5 rings (SSSR count). The normalized spacial score (nSPS) is 11.2. The maximum absolute atomic E-state index is 12.7. The molecule has 0 aliphatic heterocycles. The van der Waals surface area contributed by atoms with Crippen LogP contribution in [0.15, 0.2) is 60.8 Å². The molecule has 0 spiro atoms. The van der Waals surface area contributed by atoms with Crippen molar-refractivity contribution < 1.29 is 9.53 Å². The van der Waals surface area contributed by atoms with E-state index < -0.39 is 0 Å². The number of carbonyl (C=O) groups excluding carboxylic acids is 1. The van der Waals surface area contributed by atoms with E-state index in [1.165, 1.54) is 0 Å². The van der Waals surface area contributed by atoms with Gasteiger partial charge in [-0.3, -0.25) is 10.1 Å². The summed E-state index contributed by atoms with van der Waals surface area (Å²) in [4.78, 5) is 24.8. The Morgan fingerprint density at radius 3 is 2.66 bits per heavy atom. The SMILES string of the molecule is CCOc1ccc(-c2ccc3[nH]c(NC(=O)c4cn5c(C)cccc5n4)nc3c2)cc1C. The van der Waals surface area contributed by atoms with Crippen molar-refractivity contribution in [3.8, 4) is 16.9 Å². The quantitative estimate of drug-likeness (QED) is 0.408. The van der Waals surface area contributed by atoms with Gasteiger partial charge in [0.15, 0.2) is 0 Å². The van der Waals surface area contributed by atoms with E-state index in [0.717, 1.165) is 44.8 Å². The monoisotopic (exact) mass is 425 g/mol. The number of benzene rings is 2. The van der Waals surface area contributed by atoms with Crippen molar-refractivity contribution in [1.82, 2.24) is 19.4 Å². The lowest BCUT2D eigenvalue weighted by Crippen LogP contribution is -2.13. The standard InChI is InChI=1S/C25H23N5O2/c1-4-32-22-11-9-17(12-15(22)2)18-8-10-19-20(13-18)28-25(27-19)29-24(31)21-14-30-16(3)6-5-7-23(30)26-21/h5-14H,4H2,1-3H3,(H2,27,28,29,31). The minimum atomic E-state index is -0.311. The Labute approximate surface area is 185 Å². The first kappa shape index (κ1) is 19.8. The van der Waals surface area contributed by atoms with Gasteiger partial charge in [0.1, 0.15) is 17.1 Å². The number of pyridine rings is 1. The van der Waals surface area contributed by atoms with Crippen LogP contribution in [0.1, 0.15) is 28.7 Å². The Morgan fingerprint density at radius 2 is 1.88 bits per heavy atom. The Morgan fingerprint density at radius 1 is 1.06 bits per heavy atom. The highest BCUT2D eigenvalue weighted by Crippen LogP contribution is 2.28. The van der Waals surface area contributed by atoms with Crippen LogP contribution >= 0.6 is 0 Å². The molecule has 2 N–H and O–H groups in total. The predicted octanol–water partition coefficient (Wildman–Crippen LogP) is 5.15. The number of H-pyrrole nitrogens is 1. The van der Waals surface area contributed by atoms with Gasteiger partial charge in [0, 0.05) is 11.9 Å². The minimum Gasteiger partial charge on any atom is -0.494 e. The van der Waals surface area contributed by atoms with Gasteiger partial charge in [0.2, 0.25) is 5.95 Å². The fourth-order valence-electron chi connectivity index (χ4n) is 3.82. The van der Waals surface area contributed by atoms with Gasteiger partial charge in [0.25, 0.3) is 5.91 Å². The Kier molecular flexibility index (Phi) is 4.86. The van der Waals surface area contributed by atoms with Crippen molar-refractivity contribution in [1.29, 1.82) is 0 Å². The first-order valence-electron chi connectivity index (χ1n) is 10.5. The molecule has 0 aliphatic carbocycles. The molecule has 160 valence electrons. The Hall–Kier alpha value is -4.13. The van der Waals surface area contributed by atoms with Gasteiger partial charge in [-0.25, -0.2) is 9.97 Å². The summed E-state index contributed by atoms with van der Waals surface area (Å²) in [7, 11) is 0. The molecule has 32 heavy (non-hydrogen) atoms. The molecule has 1 amide bonds. The largest absolute Gasteiger partial charge is 0.494 e. The number of anilines is 1. The first-order chi connectivity index (χ1) is 15.5. The molecule has 7 heteroatoms. The van der Waals surface area contributed by atoms with E-state index in [0.29, 0.717) is 18.2 Å². The summed E-state index contributed by atoms with van der Waals surface area (Å²) < 4.78 is 7.52. The lowest BCUT2D eigenvalue weighted by molar-refractivity contribution is 0.102. The predicted molar refractivity (Wildman–Crippen MR) is 125 cm³/mol. The van der Waals surface area contributed by atoms with Crippen LogP contribution in [0.4, 0.5) is 5.95 Å². The zero-order chi connectivity index (χ0) is 22.2. The molecule has 0 unspecified atom stereocenters. The number of aromatic amines is 1. The van der Waals surface area contributed by atoms with Crippen molar-refractivity contribution in [2.45, 2.75) is 20.8 Å². The first-order valence-corrected chi connectivity index (χ1v) is 10.5. The zero-order valence-corrected chi connectivity index (χ0v) is 18.1. The summed E-state index contributed by atoms with van der Waals surface area (Å²) in [6.45, 7) is 6.63. The summed E-state index contributed by atoms with van der Waals surface area (Å²) in [5, 5.41) is 2.82. The molecular weight excluding hydrogens is 402 g/mol. The van der Waals surface area contributed by atoms with Gasteiger partial charge >= 0.3 is 0 Å². The number of hydrogen-bond donors (Lipinski definition) is 2. The van der Waals surface area contributed by atoms with Crippen LogP contribution in [0.2, 0.25) is 0 Å². The van der Waals surface area contributed by atoms with E-state index >= 15 is 0 Å². The van der Waals surface area contributed by atoms with Gasteiger partial charge in [-0.15, -0.1) is 0 Å². The highest BCUT2D eigenvalue weighted by atomic mass is 16.5. The van der Waals surface area contributed by atoms with E-state index in [1.807, 2.05) is 73.7 Å². The van der Waals surface area contributed by atoms with E-state index in [2.05, 4.69) is 26.3 Å². The van der Waals surface area contributed by atoms with Crippen LogP contribution in [0.5, 0.6) is 5.75 Å². The van der Waals surface area contributed by atoms with Gasteiger partial charge in [-0.2, -0.15) is 0 Å². The number of fused-ring (bicyclic) bond motifs is 2. The van der Waals surface area contributed by atoms with Crippen molar-refractivity contribution in [2.24, 2.45) is 0 Å². The van der Waals surface area contributed by atoms with E-state index in [9.17, 15) is 4.79 Å². The summed E-state index contributed by atoms with van der Waals surface area (Å²) >= 11 is 0. The summed E-state index contributed by atoms with van der Waals surface area (Å²) in [5.41, 5.74) is 6.91. The third kappa shape index (κ3) is 3.58. The number of rotatable bonds is 5. The molecular formula is C25H23N5O2. The number of aryl methyl sites for hydroxylation is 2. The molecule has 0 bridgehead atoms. The molecule has 0 saturated carbocycles.